The molecule has 0 unspecified atom stereocenters. The Balaban J connectivity index is 1.25. The van der Waals surface area contributed by atoms with Crippen molar-refractivity contribution >= 4 is 17.2 Å². The van der Waals surface area contributed by atoms with Gasteiger partial charge in [-0.05, 0) is 73.0 Å². The van der Waals surface area contributed by atoms with Crippen molar-refractivity contribution in [1.29, 1.82) is 0 Å². The normalized spacial score (nSPS) is 17.1. The van der Waals surface area contributed by atoms with Gasteiger partial charge in [-0.1, -0.05) is 42.5 Å². The number of piperidine rings is 1. The Hall–Kier alpha value is -2.83. The molecule has 2 aliphatic heterocycles. The summed E-state index contributed by atoms with van der Waals surface area (Å²) in [6.45, 7) is 3.29. The first-order chi connectivity index (χ1) is 16.2. The van der Waals surface area contributed by atoms with E-state index < -0.39 is 0 Å². The Morgan fingerprint density at radius 3 is 2.58 bits per heavy atom. The number of thiophene rings is 1. The number of likely N-dealkylation sites (tertiary alicyclic amines) is 1. The highest BCUT2D eigenvalue weighted by atomic mass is 32.1. The third-order valence-electron chi connectivity index (χ3n) is 6.86. The largest absolute Gasteiger partial charge is 0.454 e. The Kier molecular flexibility index (Phi) is 6.65. The van der Waals surface area contributed by atoms with Gasteiger partial charge in [0.25, 0.3) is 5.91 Å². The highest BCUT2D eigenvalue weighted by Gasteiger charge is 2.32. The quantitative estimate of drug-likeness (QED) is 0.492. The number of carbonyl (C=O) groups excluding carboxylic acids is 1. The SMILES string of the molecule is CN(C(=O)c1cccs1)[C@@H](Cc1ccccc1)C1CCN(Cc2ccc3c(c2)OCO3)CC1. The lowest BCUT2D eigenvalue weighted by molar-refractivity contribution is 0.0589. The number of hydrogen-bond donors (Lipinski definition) is 0. The van der Waals surface area contributed by atoms with Crippen molar-refractivity contribution in [2.75, 3.05) is 26.9 Å². The van der Waals surface area contributed by atoms with E-state index in [0.717, 1.165) is 55.3 Å². The van der Waals surface area contributed by atoms with Gasteiger partial charge in [0.2, 0.25) is 6.79 Å². The van der Waals surface area contributed by atoms with E-state index in [0.29, 0.717) is 12.7 Å². The molecule has 2 aromatic carbocycles. The zero-order valence-corrected chi connectivity index (χ0v) is 19.8. The van der Waals surface area contributed by atoms with Crippen LogP contribution < -0.4 is 9.47 Å². The van der Waals surface area contributed by atoms with E-state index in [-0.39, 0.29) is 11.9 Å². The molecule has 5 rings (SSSR count). The van der Waals surface area contributed by atoms with Crippen molar-refractivity contribution in [3.63, 3.8) is 0 Å². The van der Waals surface area contributed by atoms with Gasteiger partial charge in [-0.15, -0.1) is 11.3 Å². The molecule has 1 aromatic heterocycles. The minimum absolute atomic E-state index is 0.133. The van der Waals surface area contributed by atoms with Crippen molar-refractivity contribution in [3.05, 3.63) is 82.0 Å². The molecular weight excluding hydrogens is 432 g/mol. The summed E-state index contributed by atoms with van der Waals surface area (Å²) >= 11 is 1.52. The molecule has 1 fully saturated rings. The Morgan fingerprint density at radius 2 is 1.82 bits per heavy atom. The van der Waals surface area contributed by atoms with Gasteiger partial charge in [0.05, 0.1) is 4.88 Å². The van der Waals surface area contributed by atoms with E-state index in [9.17, 15) is 4.79 Å². The third kappa shape index (κ3) is 5.07. The average Bonchev–Trinajstić information content (AvgIpc) is 3.55. The van der Waals surface area contributed by atoms with E-state index in [1.54, 1.807) is 0 Å². The minimum Gasteiger partial charge on any atom is -0.454 e. The predicted molar refractivity (Wildman–Crippen MR) is 131 cm³/mol. The van der Waals surface area contributed by atoms with Gasteiger partial charge in [-0.3, -0.25) is 9.69 Å². The average molecular weight is 463 g/mol. The van der Waals surface area contributed by atoms with Crippen molar-refractivity contribution in [2.24, 2.45) is 5.92 Å². The topological polar surface area (TPSA) is 42.0 Å². The van der Waals surface area contributed by atoms with Crippen LogP contribution in [0.3, 0.4) is 0 Å². The lowest BCUT2D eigenvalue weighted by Gasteiger charge is -2.40. The maximum Gasteiger partial charge on any atom is 0.263 e. The number of nitrogens with zero attached hydrogens (tertiary/aromatic N) is 2. The molecule has 1 amide bonds. The van der Waals surface area contributed by atoms with Gasteiger partial charge in [-0.25, -0.2) is 0 Å². The fourth-order valence-electron chi connectivity index (χ4n) is 4.99. The molecule has 0 radical (unpaired) electrons. The summed E-state index contributed by atoms with van der Waals surface area (Å²) in [7, 11) is 1.98. The van der Waals surface area contributed by atoms with Gasteiger partial charge in [-0.2, -0.15) is 0 Å². The van der Waals surface area contributed by atoms with Crippen LogP contribution in [-0.4, -0.2) is 48.7 Å². The van der Waals surface area contributed by atoms with Crippen LogP contribution in [0.1, 0.15) is 33.6 Å². The number of likely N-dealkylation sites (N-methyl/N-ethyl adjacent to an activating group) is 1. The first-order valence-corrected chi connectivity index (χ1v) is 12.5. The minimum atomic E-state index is 0.133. The Bertz CT molecular complexity index is 1060. The number of benzene rings is 2. The van der Waals surface area contributed by atoms with Crippen LogP contribution >= 0.6 is 11.3 Å². The highest BCUT2D eigenvalue weighted by Crippen LogP contribution is 2.34. The first-order valence-electron chi connectivity index (χ1n) is 11.6. The van der Waals surface area contributed by atoms with Crippen LogP contribution in [0.25, 0.3) is 0 Å². The number of carbonyl (C=O) groups is 1. The zero-order chi connectivity index (χ0) is 22.6. The second kappa shape index (κ2) is 9.98. The number of ether oxygens (including phenoxy) is 2. The van der Waals surface area contributed by atoms with Crippen LogP contribution in [0.5, 0.6) is 11.5 Å². The van der Waals surface area contributed by atoms with Gasteiger partial charge in [0, 0.05) is 19.6 Å². The summed E-state index contributed by atoms with van der Waals surface area (Å²) in [6.07, 6.45) is 3.06. The summed E-state index contributed by atoms with van der Waals surface area (Å²) in [6, 6.07) is 20.9. The maximum atomic E-state index is 13.2. The van der Waals surface area contributed by atoms with Gasteiger partial charge >= 0.3 is 0 Å². The van der Waals surface area contributed by atoms with Crippen molar-refractivity contribution in [1.82, 2.24) is 9.80 Å². The molecule has 3 aromatic rings. The van der Waals surface area contributed by atoms with Gasteiger partial charge in [0.15, 0.2) is 11.5 Å². The Morgan fingerprint density at radius 1 is 1.03 bits per heavy atom. The summed E-state index contributed by atoms with van der Waals surface area (Å²) in [5, 5.41) is 1.97. The van der Waals surface area contributed by atoms with Crippen LogP contribution in [-0.2, 0) is 13.0 Å². The summed E-state index contributed by atoms with van der Waals surface area (Å²) in [5.74, 6) is 2.29. The number of hydrogen-bond acceptors (Lipinski definition) is 5. The fourth-order valence-corrected chi connectivity index (χ4v) is 5.70. The molecule has 1 atom stereocenters. The van der Waals surface area contributed by atoms with E-state index in [4.69, 9.17) is 9.47 Å². The molecule has 0 bridgehead atoms. The van der Waals surface area contributed by atoms with Crippen LogP contribution in [0.4, 0.5) is 0 Å². The first kappa shape index (κ1) is 22.0. The number of fused-ring (bicyclic) bond motifs is 1. The third-order valence-corrected chi connectivity index (χ3v) is 7.71. The molecule has 0 spiro atoms. The molecule has 172 valence electrons. The molecule has 6 heteroatoms. The van der Waals surface area contributed by atoms with E-state index >= 15 is 0 Å². The van der Waals surface area contributed by atoms with Gasteiger partial charge in [0.1, 0.15) is 0 Å². The molecule has 0 N–H and O–H groups in total. The molecule has 5 nitrogen and oxygen atoms in total. The summed E-state index contributed by atoms with van der Waals surface area (Å²) in [5.41, 5.74) is 2.54. The summed E-state index contributed by atoms with van der Waals surface area (Å²) < 4.78 is 11.0. The second-order valence-electron chi connectivity index (χ2n) is 8.95. The Labute approximate surface area is 199 Å². The zero-order valence-electron chi connectivity index (χ0n) is 19.0. The van der Waals surface area contributed by atoms with Crippen LogP contribution in [0.2, 0.25) is 0 Å². The van der Waals surface area contributed by atoms with Crippen molar-refractivity contribution < 1.29 is 14.3 Å². The smallest absolute Gasteiger partial charge is 0.263 e. The highest BCUT2D eigenvalue weighted by molar-refractivity contribution is 7.12. The predicted octanol–water partition coefficient (Wildman–Crippen LogP) is 5.07. The standard InChI is InChI=1S/C27H30N2O3S/c1-28(27(30)26-8-5-15-33-26)23(16-20-6-3-2-4-7-20)22-11-13-29(14-12-22)18-21-9-10-24-25(17-21)32-19-31-24/h2-10,15,17,22-23H,11-14,16,18-19H2,1H3/t23-/m0/s1. The molecule has 0 aliphatic carbocycles. The van der Waals surface area contributed by atoms with Crippen molar-refractivity contribution in [2.45, 2.75) is 31.8 Å². The summed E-state index contributed by atoms with van der Waals surface area (Å²) in [4.78, 5) is 18.5. The number of rotatable bonds is 7. The van der Waals surface area contributed by atoms with Crippen molar-refractivity contribution in [3.8, 4) is 11.5 Å². The van der Waals surface area contributed by atoms with Crippen LogP contribution in [0, 0.1) is 5.92 Å². The molecule has 33 heavy (non-hydrogen) atoms. The van der Waals surface area contributed by atoms with E-state index in [2.05, 4.69) is 41.3 Å². The maximum absolute atomic E-state index is 13.2. The van der Waals surface area contributed by atoms with Gasteiger partial charge < -0.3 is 14.4 Å². The molecule has 2 aliphatic rings. The lowest BCUT2D eigenvalue weighted by Crippen LogP contribution is -2.47. The molecule has 0 saturated carbocycles. The monoisotopic (exact) mass is 462 g/mol. The second-order valence-corrected chi connectivity index (χ2v) is 9.90. The fraction of sp³-hybridized carbons (Fsp3) is 0.370. The molecular formula is C27H30N2O3S. The molecule has 1 saturated heterocycles. The molecule has 3 heterocycles. The van der Waals surface area contributed by atoms with E-state index in [1.165, 1.54) is 22.5 Å². The van der Waals surface area contributed by atoms with E-state index in [1.807, 2.05) is 41.6 Å². The lowest BCUT2D eigenvalue weighted by atomic mass is 9.84. The number of amides is 1. The van der Waals surface area contributed by atoms with Crippen LogP contribution in [0.15, 0.2) is 66.0 Å².